The molecule has 1 fully saturated rings. The Balaban J connectivity index is 2.13. The van der Waals surface area contributed by atoms with E-state index in [0.29, 0.717) is 16.5 Å². The number of hydrogen-bond donors (Lipinski definition) is 1. The van der Waals surface area contributed by atoms with Crippen molar-refractivity contribution in [3.05, 3.63) is 33.8 Å². The molecule has 1 aromatic rings. The standard InChI is InChI=1S/C14H17Cl2NO3S/c1-14(2,10-3-4-11(15)12(16)7-10)17-13(18)9-5-6-21(19,20)8-9/h3-4,7,9H,5-6,8H2,1-2H3,(H,17,18). The van der Waals surface area contributed by atoms with E-state index in [1.54, 1.807) is 18.2 Å². The van der Waals surface area contributed by atoms with Crippen molar-refractivity contribution in [2.24, 2.45) is 5.92 Å². The number of hydrogen-bond acceptors (Lipinski definition) is 3. The van der Waals surface area contributed by atoms with Crippen molar-refractivity contribution < 1.29 is 13.2 Å². The van der Waals surface area contributed by atoms with Gasteiger partial charge in [0.2, 0.25) is 5.91 Å². The minimum atomic E-state index is -3.07. The first-order valence-corrected chi connectivity index (χ1v) is 9.16. The van der Waals surface area contributed by atoms with Crippen LogP contribution in [0.3, 0.4) is 0 Å². The number of carbonyl (C=O) groups is 1. The number of amides is 1. The second kappa shape index (κ2) is 5.78. The van der Waals surface area contributed by atoms with Gasteiger partial charge in [-0.1, -0.05) is 29.3 Å². The van der Waals surface area contributed by atoms with E-state index in [4.69, 9.17) is 23.2 Å². The van der Waals surface area contributed by atoms with Crippen LogP contribution in [0.4, 0.5) is 0 Å². The Labute approximate surface area is 134 Å². The Morgan fingerprint density at radius 3 is 2.48 bits per heavy atom. The topological polar surface area (TPSA) is 63.2 Å². The van der Waals surface area contributed by atoms with Crippen LogP contribution in [0.5, 0.6) is 0 Å². The smallest absolute Gasteiger partial charge is 0.224 e. The van der Waals surface area contributed by atoms with Crippen LogP contribution < -0.4 is 5.32 Å². The van der Waals surface area contributed by atoms with Crippen molar-refractivity contribution in [2.75, 3.05) is 11.5 Å². The van der Waals surface area contributed by atoms with E-state index >= 15 is 0 Å². The molecule has 2 rings (SSSR count). The number of nitrogens with one attached hydrogen (secondary N) is 1. The molecule has 1 aromatic carbocycles. The lowest BCUT2D eigenvalue weighted by molar-refractivity contribution is -0.126. The molecule has 21 heavy (non-hydrogen) atoms. The highest BCUT2D eigenvalue weighted by molar-refractivity contribution is 7.91. The van der Waals surface area contributed by atoms with Gasteiger partial charge in [-0.15, -0.1) is 0 Å². The van der Waals surface area contributed by atoms with Crippen LogP contribution in [-0.4, -0.2) is 25.8 Å². The number of halogens is 2. The average molecular weight is 350 g/mol. The minimum Gasteiger partial charge on any atom is -0.347 e. The zero-order valence-corrected chi connectivity index (χ0v) is 14.1. The summed E-state index contributed by atoms with van der Waals surface area (Å²) >= 11 is 11.9. The van der Waals surface area contributed by atoms with Crippen molar-refractivity contribution in [3.8, 4) is 0 Å². The minimum absolute atomic E-state index is 0.0731. The van der Waals surface area contributed by atoms with Gasteiger partial charge in [-0.2, -0.15) is 0 Å². The number of carbonyl (C=O) groups excluding carboxylic acids is 1. The summed E-state index contributed by atoms with van der Waals surface area (Å²) in [4.78, 5) is 12.2. The molecule has 116 valence electrons. The molecule has 4 nitrogen and oxygen atoms in total. The summed E-state index contributed by atoms with van der Waals surface area (Å²) in [6.45, 7) is 3.68. The molecule has 1 amide bonds. The molecule has 1 saturated heterocycles. The van der Waals surface area contributed by atoms with E-state index in [1.807, 2.05) is 13.8 Å². The number of sulfone groups is 1. The fourth-order valence-electron chi connectivity index (χ4n) is 2.37. The maximum Gasteiger partial charge on any atom is 0.224 e. The molecule has 0 saturated carbocycles. The molecule has 0 spiro atoms. The highest BCUT2D eigenvalue weighted by atomic mass is 35.5. The maximum atomic E-state index is 12.2. The molecule has 0 radical (unpaired) electrons. The first-order valence-electron chi connectivity index (χ1n) is 6.59. The normalized spacial score (nSPS) is 21.2. The van der Waals surface area contributed by atoms with Crippen LogP contribution in [0, 0.1) is 5.92 Å². The van der Waals surface area contributed by atoms with E-state index < -0.39 is 21.3 Å². The molecular formula is C14H17Cl2NO3S. The molecule has 0 bridgehead atoms. The molecule has 1 atom stereocenters. The summed E-state index contributed by atoms with van der Waals surface area (Å²) in [5.41, 5.74) is 0.156. The van der Waals surface area contributed by atoms with Gasteiger partial charge in [-0.05, 0) is 38.0 Å². The van der Waals surface area contributed by atoms with E-state index in [1.165, 1.54) is 0 Å². The zero-order chi connectivity index (χ0) is 15.8. The van der Waals surface area contributed by atoms with Crippen molar-refractivity contribution in [3.63, 3.8) is 0 Å². The van der Waals surface area contributed by atoms with Crippen LogP contribution in [0.15, 0.2) is 18.2 Å². The summed E-state index contributed by atoms with van der Waals surface area (Å²) in [6.07, 6.45) is 0.381. The Morgan fingerprint density at radius 2 is 1.95 bits per heavy atom. The second-order valence-electron chi connectivity index (χ2n) is 5.84. The zero-order valence-electron chi connectivity index (χ0n) is 11.8. The first-order chi connectivity index (χ1) is 9.61. The lowest BCUT2D eigenvalue weighted by Gasteiger charge is -2.28. The Hall–Kier alpha value is -0.780. The Morgan fingerprint density at radius 1 is 1.29 bits per heavy atom. The molecule has 1 heterocycles. The Bertz CT molecular complexity index is 671. The molecular weight excluding hydrogens is 333 g/mol. The van der Waals surface area contributed by atoms with Crippen molar-refractivity contribution in [1.82, 2.24) is 5.32 Å². The number of rotatable bonds is 3. The van der Waals surface area contributed by atoms with Crippen LogP contribution in [0.2, 0.25) is 10.0 Å². The predicted molar refractivity (Wildman–Crippen MR) is 84.4 cm³/mol. The monoisotopic (exact) mass is 349 g/mol. The lowest BCUT2D eigenvalue weighted by Crippen LogP contribution is -2.44. The quantitative estimate of drug-likeness (QED) is 0.912. The van der Waals surface area contributed by atoms with Gasteiger partial charge < -0.3 is 5.32 Å². The molecule has 1 N–H and O–H groups in total. The number of benzene rings is 1. The summed E-state index contributed by atoms with van der Waals surface area (Å²) in [6, 6.07) is 5.17. The van der Waals surface area contributed by atoms with Gasteiger partial charge in [0.05, 0.1) is 33.0 Å². The van der Waals surface area contributed by atoms with Crippen LogP contribution >= 0.6 is 23.2 Å². The maximum absolute atomic E-state index is 12.2. The molecule has 0 aliphatic carbocycles. The molecule has 1 unspecified atom stereocenters. The van der Waals surface area contributed by atoms with Gasteiger partial charge in [0, 0.05) is 0 Å². The van der Waals surface area contributed by atoms with Gasteiger partial charge in [0.25, 0.3) is 0 Å². The lowest BCUT2D eigenvalue weighted by atomic mass is 9.93. The van der Waals surface area contributed by atoms with E-state index in [0.717, 1.165) is 5.56 Å². The summed E-state index contributed by atoms with van der Waals surface area (Å²) in [5.74, 6) is -0.710. The fraction of sp³-hybridized carbons (Fsp3) is 0.500. The van der Waals surface area contributed by atoms with E-state index in [2.05, 4.69) is 5.32 Å². The predicted octanol–water partition coefficient (Wildman–Crippen LogP) is 2.78. The van der Waals surface area contributed by atoms with Crippen LogP contribution in [0.25, 0.3) is 0 Å². The van der Waals surface area contributed by atoms with Gasteiger partial charge in [0.1, 0.15) is 0 Å². The highest BCUT2D eigenvalue weighted by Crippen LogP contribution is 2.29. The largest absolute Gasteiger partial charge is 0.347 e. The van der Waals surface area contributed by atoms with Gasteiger partial charge in [-0.25, -0.2) is 8.42 Å². The molecule has 1 aliphatic rings. The summed E-state index contributed by atoms with van der Waals surface area (Å²) in [5, 5.41) is 3.76. The van der Waals surface area contributed by atoms with Crippen molar-refractivity contribution >= 4 is 38.9 Å². The summed E-state index contributed by atoms with van der Waals surface area (Å²) < 4.78 is 22.9. The van der Waals surface area contributed by atoms with Crippen LogP contribution in [0.1, 0.15) is 25.8 Å². The van der Waals surface area contributed by atoms with E-state index in [-0.39, 0.29) is 17.4 Å². The van der Waals surface area contributed by atoms with Gasteiger partial charge >= 0.3 is 0 Å². The van der Waals surface area contributed by atoms with E-state index in [9.17, 15) is 13.2 Å². The van der Waals surface area contributed by atoms with Crippen molar-refractivity contribution in [1.29, 1.82) is 0 Å². The van der Waals surface area contributed by atoms with Crippen molar-refractivity contribution in [2.45, 2.75) is 25.8 Å². The SMILES string of the molecule is CC(C)(NC(=O)C1CCS(=O)(=O)C1)c1ccc(Cl)c(Cl)c1. The molecule has 7 heteroatoms. The fourth-order valence-corrected chi connectivity index (χ4v) is 4.41. The van der Waals surface area contributed by atoms with Gasteiger partial charge in [-0.3, -0.25) is 4.79 Å². The summed E-state index contributed by atoms with van der Waals surface area (Å²) in [7, 11) is -3.07. The van der Waals surface area contributed by atoms with Crippen LogP contribution in [-0.2, 0) is 20.2 Å². The third-order valence-corrected chi connectivity index (χ3v) is 6.19. The highest BCUT2D eigenvalue weighted by Gasteiger charge is 2.35. The molecule has 0 aromatic heterocycles. The first kappa shape index (κ1) is 16.6. The third kappa shape index (κ3) is 3.90. The average Bonchev–Trinajstić information content (AvgIpc) is 2.72. The third-order valence-electron chi connectivity index (χ3n) is 3.68. The molecule has 1 aliphatic heterocycles. The van der Waals surface area contributed by atoms with Gasteiger partial charge in [0.15, 0.2) is 9.84 Å². The second-order valence-corrected chi connectivity index (χ2v) is 8.89. The Kier molecular flexibility index (Phi) is 4.57.